The molecular formula is C24H25Cl2N5O2. The lowest BCUT2D eigenvalue weighted by Crippen LogP contribution is -2.27. The molecule has 0 aliphatic carbocycles. The molecule has 4 aromatic rings. The van der Waals surface area contributed by atoms with Crippen LogP contribution in [-0.2, 0) is 6.42 Å². The Morgan fingerprint density at radius 2 is 1.97 bits per heavy atom. The van der Waals surface area contributed by atoms with Gasteiger partial charge >= 0.3 is 0 Å². The molecule has 4 N–H and O–H groups in total. The summed E-state index contributed by atoms with van der Waals surface area (Å²) in [5.74, 6) is 1.09. The van der Waals surface area contributed by atoms with Gasteiger partial charge in [-0.15, -0.1) is 0 Å². The summed E-state index contributed by atoms with van der Waals surface area (Å²) in [4.78, 5) is 4.39. The Bertz CT molecular complexity index is 1260. The van der Waals surface area contributed by atoms with Crippen molar-refractivity contribution in [3.05, 3.63) is 58.2 Å². The number of H-pyrrole nitrogens is 1. The van der Waals surface area contributed by atoms with Crippen molar-refractivity contribution in [2.24, 2.45) is 0 Å². The van der Waals surface area contributed by atoms with Gasteiger partial charge in [0.25, 0.3) is 0 Å². The van der Waals surface area contributed by atoms with Crippen LogP contribution in [0.2, 0.25) is 10.0 Å². The van der Waals surface area contributed by atoms with Crippen LogP contribution in [0.1, 0.15) is 36.9 Å². The highest BCUT2D eigenvalue weighted by Gasteiger charge is 2.25. The fourth-order valence-corrected chi connectivity index (χ4v) is 5.03. The van der Waals surface area contributed by atoms with Crippen molar-refractivity contribution < 1.29 is 9.15 Å². The Kier molecular flexibility index (Phi) is 6.19. The van der Waals surface area contributed by atoms with Crippen LogP contribution < -0.4 is 15.8 Å². The molecule has 4 heterocycles. The van der Waals surface area contributed by atoms with Crippen LogP contribution in [0.5, 0.6) is 5.75 Å². The first-order valence-electron chi connectivity index (χ1n) is 11.0. The molecule has 3 aromatic heterocycles. The lowest BCUT2D eigenvalue weighted by molar-refractivity contribution is 0.223. The fraction of sp³-hybridized carbons (Fsp3) is 0.333. The van der Waals surface area contributed by atoms with Gasteiger partial charge < -0.3 is 20.2 Å². The van der Waals surface area contributed by atoms with Gasteiger partial charge in [0.1, 0.15) is 12.4 Å². The number of rotatable bonds is 6. The summed E-state index contributed by atoms with van der Waals surface area (Å²) in [5, 5.41) is 13.0. The molecule has 1 atom stereocenters. The zero-order valence-electron chi connectivity index (χ0n) is 18.2. The molecule has 0 bridgehead atoms. The molecule has 1 saturated heterocycles. The standard InChI is InChI=1S/C24H25Cl2N5O2/c1-13(9-15-19(25)3-2-4-20(15)26)33-23-22-17(10-29-24(23)27)18(12-32-22)16-11-30-31-21(16)14-5-7-28-8-6-14/h2-4,10-14,28H,5-9H2,1H3,(H2,27,29)(H,30,31). The number of nitrogens with one attached hydrogen (secondary N) is 2. The number of aromatic nitrogens is 3. The lowest BCUT2D eigenvalue weighted by atomic mass is 9.90. The van der Waals surface area contributed by atoms with E-state index in [2.05, 4.69) is 20.5 Å². The van der Waals surface area contributed by atoms with Crippen molar-refractivity contribution in [2.45, 2.75) is 38.2 Å². The second-order valence-corrected chi connectivity index (χ2v) is 9.22. The minimum absolute atomic E-state index is 0.259. The maximum atomic E-state index is 6.33. The van der Waals surface area contributed by atoms with E-state index in [1.165, 1.54) is 0 Å². The van der Waals surface area contributed by atoms with Crippen molar-refractivity contribution in [1.29, 1.82) is 0 Å². The Labute approximate surface area is 201 Å². The monoisotopic (exact) mass is 485 g/mol. The predicted molar refractivity (Wildman–Crippen MR) is 131 cm³/mol. The van der Waals surface area contributed by atoms with Gasteiger partial charge in [-0.2, -0.15) is 5.10 Å². The Morgan fingerprint density at radius 3 is 2.73 bits per heavy atom. The molecule has 1 aliphatic rings. The molecule has 9 heteroatoms. The van der Waals surface area contributed by atoms with Crippen molar-refractivity contribution in [3.63, 3.8) is 0 Å². The smallest absolute Gasteiger partial charge is 0.205 e. The van der Waals surface area contributed by atoms with Crippen molar-refractivity contribution in [2.75, 3.05) is 18.8 Å². The third-order valence-corrected chi connectivity index (χ3v) is 6.87. The van der Waals surface area contributed by atoms with E-state index in [9.17, 15) is 0 Å². The Balaban J connectivity index is 1.46. The first-order valence-corrected chi connectivity index (χ1v) is 11.8. The number of halogens is 2. The molecule has 5 rings (SSSR count). The van der Waals surface area contributed by atoms with E-state index in [-0.39, 0.29) is 11.9 Å². The van der Waals surface area contributed by atoms with Gasteiger partial charge in [-0.25, -0.2) is 4.98 Å². The first-order chi connectivity index (χ1) is 16.0. The average Bonchev–Trinajstić information content (AvgIpc) is 3.46. The molecule has 1 aromatic carbocycles. The number of hydrogen-bond acceptors (Lipinski definition) is 6. The summed E-state index contributed by atoms with van der Waals surface area (Å²) in [6.45, 7) is 3.92. The molecule has 1 unspecified atom stereocenters. The Hall–Kier alpha value is -2.74. The lowest BCUT2D eigenvalue weighted by Gasteiger charge is -2.21. The average molecular weight is 486 g/mol. The minimum Gasteiger partial charge on any atom is -0.483 e. The van der Waals surface area contributed by atoms with Crippen LogP contribution in [0.15, 0.2) is 41.3 Å². The number of nitrogens with zero attached hydrogens (tertiary/aromatic N) is 2. The number of furan rings is 1. The number of hydrogen-bond donors (Lipinski definition) is 3. The van der Waals surface area contributed by atoms with Crippen molar-refractivity contribution >= 4 is 40.0 Å². The molecular weight excluding hydrogens is 461 g/mol. The van der Waals surface area contributed by atoms with Gasteiger partial charge in [-0.05, 0) is 50.6 Å². The molecule has 0 radical (unpaired) electrons. The molecule has 0 amide bonds. The van der Waals surface area contributed by atoms with Crippen LogP contribution in [0.25, 0.3) is 22.1 Å². The number of anilines is 1. The van der Waals surface area contributed by atoms with E-state index < -0.39 is 0 Å². The molecule has 7 nitrogen and oxygen atoms in total. The second kappa shape index (κ2) is 9.25. The normalized spacial score (nSPS) is 15.7. The molecule has 1 aliphatic heterocycles. The summed E-state index contributed by atoms with van der Waals surface area (Å²) in [6, 6.07) is 5.45. The third kappa shape index (κ3) is 4.28. The van der Waals surface area contributed by atoms with Crippen molar-refractivity contribution in [1.82, 2.24) is 20.5 Å². The molecule has 0 saturated carbocycles. The number of ether oxygens (including phenoxy) is 1. The van der Waals surface area contributed by atoms with Gasteiger partial charge in [0, 0.05) is 45.9 Å². The number of aromatic amines is 1. The number of fused-ring (bicyclic) bond motifs is 1. The van der Waals surface area contributed by atoms with E-state index in [0.29, 0.717) is 33.7 Å². The van der Waals surface area contributed by atoms with E-state index in [1.54, 1.807) is 12.5 Å². The third-order valence-electron chi connectivity index (χ3n) is 6.16. The van der Waals surface area contributed by atoms with E-state index in [1.807, 2.05) is 31.3 Å². The quantitative estimate of drug-likeness (QED) is 0.329. The second-order valence-electron chi connectivity index (χ2n) is 8.41. The van der Waals surface area contributed by atoms with Crippen LogP contribution in [0.3, 0.4) is 0 Å². The topological polar surface area (TPSA) is 102 Å². The number of piperidine rings is 1. The highest BCUT2D eigenvalue weighted by atomic mass is 35.5. The molecule has 1 fully saturated rings. The maximum Gasteiger partial charge on any atom is 0.205 e. The number of benzene rings is 1. The maximum absolute atomic E-state index is 6.33. The van der Waals surface area contributed by atoms with Crippen LogP contribution >= 0.6 is 23.2 Å². The van der Waals surface area contributed by atoms with Gasteiger partial charge in [-0.1, -0.05) is 29.3 Å². The van der Waals surface area contributed by atoms with Crippen LogP contribution in [0, 0.1) is 0 Å². The van der Waals surface area contributed by atoms with E-state index >= 15 is 0 Å². The summed E-state index contributed by atoms with van der Waals surface area (Å²) in [7, 11) is 0. The van der Waals surface area contributed by atoms with Crippen LogP contribution in [0.4, 0.5) is 5.82 Å². The SMILES string of the molecule is CC(Cc1c(Cl)cccc1Cl)Oc1c(N)ncc2c(-c3c[nH]nc3C3CCNCC3)coc12. The zero-order chi connectivity index (χ0) is 22.9. The van der Waals surface area contributed by atoms with E-state index in [0.717, 1.165) is 53.7 Å². The number of pyridine rings is 1. The highest BCUT2D eigenvalue weighted by Crippen LogP contribution is 2.41. The van der Waals surface area contributed by atoms with Gasteiger partial charge in [0.05, 0.1) is 11.1 Å². The van der Waals surface area contributed by atoms with Crippen LogP contribution in [-0.4, -0.2) is 34.4 Å². The predicted octanol–water partition coefficient (Wildman–Crippen LogP) is 5.58. The number of nitrogens with two attached hydrogens (primary N) is 1. The molecule has 33 heavy (non-hydrogen) atoms. The molecule has 0 spiro atoms. The van der Waals surface area contributed by atoms with Crippen molar-refractivity contribution in [3.8, 4) is 16.9 Å². The Morgan fingerprint density at radius 1 is 1.21 bits per heavy atom. The highest BCUT2D eigenvalue weighted by molar-refractivity contribution is 6.36. The minimum atomic E-state index is -0.259. The van der Waals surface area contributed by atoms with E-state index in [4.69, 9.17) is 38.1 Å². The first kappa shape index (κ1) is 22.1. The summed E-state index contributed by atoms with van der Waals surface area (Å²) >= 11 is 12.7. The summed E-state index contributed by atoms with van der Waals surface area (Å²) in [5.41, 5.74) is 10.6. The summed E-state index contributed by atoms with van der Waals surface area (Å²) < 4.78 is 12.2. The van der Waals surface area contributed by atoms with Gasteiger partial charge in [-0.3, -0.25) is 5.10 Å². The van der Waals surface area contributed by atoms with Gasteiger partial charge in [0.15, 0.2) is 11.4 Å². The zero-order valence-corrected chi connectivity index (χ0v) is 19.7. The largest absolute Gasteiger partial charge is 0.483 e. The summed E-state index contributed by atoms with van der Waals surface area (Å²) in [6.07, 6.45) is 7.73. The van der Waals surface area contributed by atoms with Gasteiger partial charge in [0.2, 0.25) is 5.75 Å². The fourth-order valence-electron chi connectivity index (χ4n) is 4.48. The number of nitrogen functional groups attached to an aromatic ring is 1. The molecule has 172 valence electrons.